The molecule has 1 aliphatic carbocycles. The predicted molar refractivity (Wildman–Crippen MR) is 131 cm³/mol. The largest absolute Gasteiger partial charge is 0.490 e. The van der Waals surface area contributed by atoms with E-state index in [1.807, 2.05) is 36.4 Å². The van der Waals surface area contributed by atoms with Crippen LogP contribution < -0.4 is 9.64 Å². The number of rotatable bonds is 6. The first-order valence-electron chi connectivity index (χ1n) is 12.0. The summed E-state index contributed by atoms with van der Waals surface area (Å²) in [6.45, 7) is 7.12. The Morgan fingerprint density at radius 2 is 1.91 bits per heavy atom. The fourth-order valence-corrected chi connectivity index (χ4v) is 4.47. The second kappa shape index (κ2) is 8.68. The van der Waals surface area contributed by atoms with Gasteiger partial charge >= 0.3 is 0 Å². The highest BCUT2D eigenvalue weighted by Crippen LogP contribution is 2.34. The molecule has 4 heterocycles. The van der Waals surface area contributed by atoms with Gasteiger partial charge < -0.3 is 18.9 Å². The molecule has 8 nitrogen and oxygen atoms in total. The van der Waals surface area contributed by atoms with Gasteiger partial charge in [0.25, 0.3) is 0 Å². The number of ether oxygens (including phenoxy) is 2. The highest BCUT2D eigenvalue weighted by Gasteiger charge is 2.27. The summed E-state index contributed by atoms with van der Waals surface area (Å²) < 4.78 is 13.9. The molecule has 0 N–H and O–H groups in total. The van der Waals surface area contributed by atoms with E-state index < -0.39 is 0 Å². The predicted octanol–water partition coefficient (Wildman–Crippen LogP) is 4.34. The first-order valence-corrected chi connectivity index (χ1v) is 12.0. The van der Waals surface area contributed by atoms with Crippen LogP contribution in [0.15, 0.2) is 48.8 Å². The number of aromatic nitrogens is 5. The van der Waals surface area contributed by atoms with Crippen LogP contribution in [0.25, 0.3) is 33.9 Å². The van der Waals surface area contributed by atoms with Crippen molar-refractivity contribution >= 4 is 17.0 Å². The van der Waals surface area contributed by atoms with Gasteiger partial charge in [-0.05, 0) is 51.0 Å². The van der Waals surface area contributed by atoms with Crippen LogP contribution in [-0.2, 0) is 11.3 Å². The van der Waals surface area contributed by atoms with Gasteiger partial charge in [-0.15, -0.1) is 0 Å². The summed E-state index contributed by atoms with van der Waals surface area (Å²) in [4.78, 5) is 21.7. The zero-order valence-corrected chi connectivity index (χ0v) is 19.5. The van der Waals surface area contributed by atoms with Gasteiger partial charge in [-0.25, -0.2) is 15.0 Å². The van der Waals surface area contributed by atoms with Crippen molar-refractivity contribution in [1.29, 1.82) is 0 Å². The molecule has 6 rings (SSSR count). The second-order valence-corrected chi connectivity index (χ2v) is 8.92. The van der Waals surface area contributed by atoms with Crippen LogP contribution in [0.2, 0.25) is 0 Å². The van der Waals surface area contributed by atoms with E-state index in [0.29, 0.717) is 25.1 Å². The summed E-state index contributed by atoms with van der Waals surface area (Å²) in [6.07, 6.45) is 6.18. The highest BCUT2D eigenvalue weighted by molar-refractivity contribution is 5.89. The van der Waals surface area contributed by atoms with Crippen LogP contribution in [0.1, 0.15) is 26.7 Å². The van der Waals surface area contributed by atoms with Crippen LogP contribution in [-0.4, -0.2) is 56.4 Å². The molecule has 1 unspecified atom stereocenters. The van der Waals surface area contributed by atoms with Crippen molar-refractivity contribution in [3.8, 4) is 28.5 Å². The lowest BCUT2D eigenvalue weighted by Gasteiger charge is -2.34. The van der Waals surface area contributed by atoms with Gasteiger partial charge in [0.05, 0.1) is 25.4 Å². The average Bonchev–Trinajstić information content (AvgIpc) is 3.61. The molecule has 0 amide bonds. The number of fused-ring (bicyclic) bond motifs is 1. The third-order valence-corrected chi connectivity index (χ3v) is 6.39. The molecule has 4 aromatic rings. The van der Waals surface area contributed by atoms with Crippen molar-refractivity contribution in [3.63, 3.8) is 0 Å². The zero-order chi connectivity index (χ0) is 23.1. The standard InChI is InChI=1S/C26H28N6O2/c1-3-31-24(18-9-11-27-12-10-18)28-22-25(31)29-23(30-26(22)32-13-14-33-16-17(32)2)19-5-4-6-21(15-19)34-20-7-8-20/h4-6,9-12,15,17,20H,3,7-8,13-14,16H2,1-2H3. The molecule has 1 atom stereocenters. The summed E-state index contributed by atoms with van der Waals surface area (Å²) in [5.74, 6) is 3.27. The Labute approximate surface area is 198 Å². The number of aryl methyl sites for hydroxylation is 1. The molecule has 3 aromatic heterocycles. The first-order chi connectivity index (χ1) is 16.7. The Morgan fingerprint density at radius 1 is 1.06 bits per heavy atom. The Bertz CT molecular complexity index is 1320. The molecule has 0 spiro atoms. The molecule has 0 bridgehead atoms. The Hall–Kier alpha value is -3.52. The number of nitrogens with zero attached hydrogens (tertiary/aromatic N) is 6. The second-order valence-electron chi connectivity index (χ2n) is 8.92. The van der Waals surface area contributed by atoms with Crippen molar-refractivity contribution in [2.75, 3.05) is 24.7 Å². The zero-order valence-electron chi connectivity index (χ0n) is 19.5. The van der Waals surface area contributed by atoms with Gasteiger partial charge in [0.1, 0.15) is 11.6 Å². The van der Waals surface area contributed by atoms with Crippen LogP contribution in [0.5, 0.6) is 5.75 Å². The van der Waals surface area contributed by atoms with E-state index >= 15 is 0 Å². The summed E-state index contributed by atoms with van der Waals surface area (Å²) in [5.41, 5.74) is 3.60. The van der Waals surface area contributed by atoms with E-state index in [1.54, 1.807) is 12.4 Å². The molecule has 1 saturated heterocycles. The summed E-state index contributed by atoms with van der Waals surface area (Å²) in [5, 5.41) is 0. The van der Waals surface area contributed by atoms with Crippen LogP contribution in [0.4, 0.5) is 5.82 Å². The molecule has 174 valence electrons. The maximum absolute atomic E-state index is 6.04. The van der Waals surface area contributed by atoms with Gasteiger partial charge in [-0.3, -0.25) is 4.98 Å². The van der Waals surface area contributed by atoms with E-state index in [9.17, 15) is 0 Å². The van der Waals surface area contributed by atoms with Crippen molar-refractivity contribution in [2.24, 2.45) is 0 Å². The molecule has 8 heteroatoms. The van der Waals surface area contributed by atoms with Gasteiger partial charge in [0.15, 0.2) is 22.8 Å². The molecule has 1 saturated carbocycles. The minimum absolute atomic E-state index is 0.195. The minimum atomic E-state index is 0.195. The molecular weight excluding hydrogens is 428 g/mol. The van der Waals surface area contributed by atoms with Crippen molar-refractivity contribution in [3.05, 3.63) is 48.8 Å². The number of hydrogen-bond acceptors (Lipinski definition) is 7. The summed E-state index contributed by atoms with van der Waals surface area (Å²) in [7, 11) is 0. The first kappa shape index (κ1) is 21.0. The van der Waals surface area contributed by atoms with E-state index in [4.69, 9.17) is 24.4 Å². The Kier molecular flexibility index (Phi) is 5.37. The number of anilines is 1. The smallest absolute Gasteiger partial charge is 0.166 e. The number of pyridine rings is 1. The SMILES string of the molecule is CCn1c(-c2ccncc2)nc2c(N3CCOCC3C)nc(-c3cccc(OC4CC4)c3)nc21. The van der Waals surface area contributed by atoms with Crippen molar-refractivity contribution < 1.29 is 9.47 Å². The molecule has 2 aliphatic rings. The summed E-state index contributed by atoms with van der Waals surface area (Å²) in [6, 6.07) is 12.3. The van der Waals surface area contributed by atoms with E-state index in [1.165, 1.54) is 0 Å². The lowest BCUT2D eigenvalue weighted by molar-refractivity contribution is 0.0987. The number of imidazole rings is 1. The maximum atomic E-state index is 6.04. The molecule has 1 aliphatic heterocycles. The van der Waals surface area contributed by atoms with Crippen LogP contribution in [0, 0.1) is 0 Å². The van der Waals surface area contributed by atoms with Crippen LogP contribution >= 0.6 is 0 Å². The fourth-order valence-electron chi connectivity index (χ4n) is 4.47. The minimum Gasteiger partial charge on any atom is -0.490 e. The van der Waals surface area contributed by atoms with E-state index in [0.717, 1.165) is 65.6 Å². The Morgan fingerprint density at radius 3 is 2.68 bits per heavy atom. The number of morpholine rings is 1. The average molecular weight is 457 g/mol. The van der Waals surface area contributed by atoms with Gasteiger partial charge in [0, 0.05) is 36.6 Å². The van der Waals surface area contributed by atoms with Crippen molar-refractivity contribution in [1.82, 2.24) is 24.5 Å². The monoisotopic (exact) mass is 456 g/mol. The third-order valence-electron chi connectivity index (χ3n) is 6.39. The lowest BCUT2D eigenvalue weighted by atomic mass is 10.2. The molecular formula is C26H28N6O2. The molecule has 34 heavy (non-hydrogen) atoms. The number of benzene rings is 1. The van der Waals surface area contributed by atoms with Gasteiger partial charge in [0.2, 0.25) is 0 Å². The number of hydrogen-bond donors (Lipinski definition) is 0. The molecule has 2 fully saturated rings. The topological polar surface area (TPSA) is 78.2 Å². The third kappa shape index (κ3) is 3.88. The maximum Gasteiger partial charge on any atom is 0.166 e. The van der Waals surface area contributed by atoms with Gasteiger partial charge in [-0.1, -0.05) is 12.1 Å². The van der Waals surface area contributed by atoms with E-state index in [-0.39, 0.29) is 6.04 Å². The van der Waals surface area contributed by atoms with Crippen LogP contribution in [0.3, 0.4) is 0 Å². The fraction of sp³-hybridized carbons (Fsp3) is 0.385. The normalized spacial score (nSPS) is 18.4. The van der Waals surface area contributed by atoms with E-state index in [2.05, 4.69) is 28.3 Å². The van der Waals surface area contributed by atoms with Crippen molar-refractivity contribution in [2.45, 2.75) is 45.4 Å². The lowest BCUT2D eigenvalue weighted by Crippen LogP contribution is -2.44. The summed E-state index contributed by atoms with van der Waals surface area (Å²) >= 11 is 0. The van der Waals surface area contributed by atoms with Gasteiger partial charge in [-0.2, -0.15) is 0 Å². The Balaban J connectivity index is 1.55. The quantitative estimate of drug-likeness (QED) is 0.427. The molecule has 1 aromatic carbocycles. The highest BCUT2D eigenvalue weighted by atomic mass is 16.5. The molecule has 0 radical (unpaired) electrons.